The third-order valence-corrected chi connectivity index (χ3v) is 3.76. The first-order chi connectivity index (χ1) is 9.22. The topological polar surface area (TPSA) is 56.5 Å². The van der Waals surface area contributed by atoms with Gasteiger partial charge in [0.25, 0.3) is 0 Å². The van der Waals surface area contributed by atoms with Crippen LogP contribution in [-0.2, 0) is 6.54 Å². The Morgan fingerprint density at radius 2 is 2.00 bits per heavy atom. The van der Waals surface area contributed by atoms with Crippen LogP contribution in [0.1, 0.15) is 31.2 Å². The number of methoxy groups -OCH3 is 2. The SMILES string of the molecule is COc1ccc(CNC2CCCC(N)C2)cc1OC. The molecule has 1 aromatic rings. The molecule has 0 aromatic heterocycles. The molecule has 19 heavy (non-hydrogen) atoms. The fourth-order valence-electron chi connectivity index (χ4n) is 2.67. The molecule has 106 valence electrons. The van der Waals surface area contributed by atoms with Crippen LogP contribution in [-0.4, -0.2) is 26.3 Å². The number of hydrogen-bond donors (Lipinski definition) is 2. The monoisotopic (exact) mass is 264 g/mol. The Labute approximate surface area is 115 Å². The molecule has 2 rings (SSSR count). The minimum absolute atomic E-state index is 0.358. The predicted molar refractivity (Wildman–Crippen MR) is 76.6 cm³/mol. The van der Waals surface area contributed by atoms with E-state index in [1.54, 1.807) is 14.2 Å². The highest BCUT2D eigenvalue weighted by Gasteiger charge is 2.18. The van der Waals surface area contributed by atoms with Gasteiger partial charge in [0, 0.05) is 18.6 Å². The van der Waals surface area contributed by atoms with Gasteiger partial charge in [-0.25, -0.2) is 0 Å². The molecule has 1 aliphatic carbocycles. The van der Waals surface area contributed by atoms with Gasteiger partial charge in [0.1, 0.15) is 0 Å². The molecule has 0 aliphatic heterocycles. The van der Waals surface area contributed by atoms with Crippen molar-refractivity contribution >= 4 is 0 Å². The van der Waals surface area contributed by atoms with Gasteiger partial charge in [-0.2, -0.15) is 0 Å². The lowest BCUT2D eigenvalue weighted by Crippen LogP contribution is -2.39. The van der Waals surface area contributed by atoms with Crippen LogP contribution in [0, 0.1) is 0 Å². The highest BCUT2D eigenvalue weighted by molar-refractivity contribution is 5.42. The lowest BCUT2D eigenvalue weighted by atomic mass is 9.91. The standard InChI is InChI=1S/C15H24N2O2/c1-18-14-7-6-11(8-15(14)19-2)10-17-13-5-3-4-12(16)9-13/h6-8,12-13,17H,3-5,9-10,16H2,1-2H3. The van der Waals surface area contributed by atoms with Crippen LogP contribution in [0.25, 0.3) is 0 Å². The molecule has 1 aromatic carbocycles. The summed E-state index contributed by atoms with van der Waals surface area (Å²) in [6.45, 7) is 0.845. The zero-order chi connectivity index (χ0) is 13.7. The van der Waals surface area contributed by atoms with E-state index in [-0.39, 0.29) is 0 Å². The normalized spacial score (nSPS) is 23.1. The summed E-state index contributed by atoms with van der Waals surface area (Å²) in [4.78, 5) is 0. The van der Waals surface area contributed by atoms with Crippen molar-refractivity contribution in [3.8, 4) is 11.5 Å². The molecule has 1 saturated carbocycles. The van der Waals surface area contributed by atoms with Crippen LogP contribution in [0.5, 0.6) is 11.5 Å². The minimum Gasteiger partial charge on any atom is -0.493 e. The molecular weight excluding hydrogens is 240 g/mol. The maximum absolute atomic E-state index is 6.00. The van der Waals surface area contributed by atoms with Crippen molar-refractivity contribution in [2.45, 2.75) is 44.3 Å². The van der Waals surface area contributed by atoms with Gasteiger partial charge in [0.2, 0.25) is 0 Å². The Kier molecular flexibility index (Phi) is 5.05. The molecule has 0 amide bonds. The van der Waals surface area contributed by atoms with Crippen molar-refractivity contribution in [2.75, 3.05) is 14.2 Å². The van der Waals surface area contributed by atoms with Gasteiger partial charge in [-0.05, 0) is 37.0 Å². The Morgan fingerprint density at radius 3 is 2.68 bits per heavy atom. The van der Waals surface area contributed by atoms with Crippen molar-refractivity contribution in [1.29, 1.82) is 0 Å². The lowest BCUT2D eigenvalue weighted by Gasteiger charge is -2.27. The molecule has 0 heterocycles. The largest absolute Gasteiger partial charge is 0.493 e. The molecule has 0 radical (unpaired) electrons. The average molecular weight is 264 g/mol. The van der Waals surface area contributed by atoms with Gasteiger partial charge in [-0.1, -0.05) is 12.5 Å². The molecular formula is C15H24N2O2. The van der Waals surface area contributed by atoms with E-state index in [1.807, 2.05) is 12.1 Å². The van der Waals surface area contributed by atoms with Crippen LogP contribution < -0.4 is 20.5 Å². The fourth-order valence-corrected chi connectivity index (χ4v) is 2.67. The van der Waals surface area contributed by atoms with Crippen LogP contribution in [0.2, 0.25) is 0 Å². The third kappa shape index (κ3) is 3.85. The molecule has 4 nitrogen and oxygen atoms in total. The molecule has 2 atom stereocenters. The smallest absolute Gasteiger partial charge is 0.161 e. The van der Waals surface area contributed by atoms with E-state index in [2.05, 4.69) is 11.4 Å². The molecule has 1 aliphatic rings. The number of nitrogens with two attached hydrogens (primary N) is 1. The minimum atomic E-state index is 0.358. The number of nitrogens with one attached hydrogen (secondary N) is 1. The number of benzene rings is 1. The zero-order valence-electron chi connectivity index (χ0n) is 11.8. The first kappa shape index (κ1) is 14.2. The summed E-state index contributed by atoms with van der Waals surface area (Å²) >= 11 is 0. The summed E-state index contributed by atoms with van der Waals surface area (Å²) < 4.78 is 10.6. The Bertz CT molecular complexity index is 409. The first-order valence-electron chi connectivity index (χ1n) is 6.92. The second kappa shape index (κ2) is 6.78. The van der Waals surface area contributed by atoms with E-state index in [1.165, 1.54) is 18.4 Å². The Balaban J connectivity index is 1.92. The molecule has 4 heteroatoms. The van der Waals surface area contributed by atoms with E-state index >= 15 is 0 Å². The van der Waals surface area contributed by atoms with Gasteiger partial charge >= 0.3 is 0 Å². The number of rotatable bonds is 5. The summed E-state index contributed by atoms with van der Waals surface area (Å²) in [6.07, 6.45) is 4.69. The summed E-state index contributed by atoms with van der Waals surface area (Å²) in [5.41, 5.74) is 7.21. The van der Waals surface area contributed by atoms with E-state index in [0.29, 0.717) is 12.1 Å². The van der Waals surface area contributed by atoms with Crippen molar-refractivity contribution in [3.63, 3.8) is 0 Å². The average Bonchev–Trinajstić information content (AvgIpc) is 2.45. The number of hydrogen-bond acceptors (Lipinski definition) is 4. The molecule has 1 fully saturated rings. The van der Waals surface area contributed by atoms with E-state index < -0.39 is 0 Å². The molecule has 2 unspecified atom stereocenters. The lowest BCUT2D eigenvalue weighted by molar-refractivity contribution is 0.337. The summed E-state index contributed by atoms with van der Waals surface area (Å²) in [5.74, 6) is 1.55. The second-order valence-electron chi connectivity index (χ2n) is 5.19. The summed E-state index contributed by atoms with van der Waals surface area (Å²) in [7, 11) is 3.31. The van der Waals surface area contributed by atoms with Gasteiger partial charge < -0.3 is 20.5 Å². The summed E-state index contributed by atoms with van der Waals surface area (Å²) in [5, 5.41) is 3.58. The molecule has 3 N–H and O–H groups in total. The maximum Gasteiger partial charge on any atom is 0.161 e. The van der Waals surface area contributed by atoms with Crippen LogP contribution in [0.3, 0.4) is 0 Å². The van der Waals surface area contributed by atoms with Crippen LogP contribution in [0.15, 0.2) is 18.2 Å². The number of ether oxygens (including phenoxy) is 2. The third-order valence-electron chi connectivity index (χ3n) is 3.76. The van der Waals surface area contributed by atoms with Crippen molar-refractivity contribution < 1.29 is 9.47 Å². The quantitative estimate of drug-likeness (QED) is 0.854. The molecule has 0 saturated heterocycles. The van der Waals surface area contributed by atoms with E-state index in [9.17, 15) is 0 Å². The first-order valence-corrected chi connectivity index (χ1v) is 6.92. The van der Waals surface area contributed by atoms with Gasteiger partial charge in [0.15, 0.2) is 11.5 Å². The highest BCUT2D eigenvalue weighted by atomic mass is 16.5. The highest BCUT2D eigenvalue weighted by Crippen LogP contribution is 2.27. The Morgan fingerprint density at radius 1 is 1.21 bits per heavy atom. The predicted octanol–water partition coefficient (Wildman–Crippen LogP) is 2.06. The second-order valence-corrected chi connectivity index (χ2v) is 5.19. The maximum atomic E-state index is 6.00. The van der Waals surface area contributed by atoms with Crippen molar-refractivity contribution in [1.82, 2.24) is 5.32 Å². The van der Waals surface area contributed by atoms with Crippen LogP contribution >= 0.6 is 0 Å². The van der Waals surface area contributed by atoms with Crippen molar-refractivity contribution in [3.05, 3.63) is 23.8 Å². The fraction of sp³-hybridized carbons (Fsp3) is 0.600. The van der Waals surface area contributed by atoms with Gasteiger partial charge in [-0.15, -0.1) is 0 Å². The van der Waals surface area contributed by atoms with Crippen LogP contribution in [0.4, 0.5) is 0 Å². The van der Waals surface area contributed by atoms with E-state index in [4.69, 9.17) is 15.2 Å². The van der Waals surface area contributed by atoms with Gasteiger partial charge in [0.05, 0.1) is 14.2 Å². The summed E-state index contributed by atoms with van der Waals surface area (Å²) in [6, 6.07) is 6.93. The van der Waals surface area contributed by atoms with E-state index in [0.717, 1.165) is 30.9 Å². The zero-order valence-corrected chi connectivity index (χ0v) is 11.8. The molecule has 0 bridgehead atoms. The van der Waals surface area contributed by atoms with Crippen molar-refractivity contribution in [2.24, 2.45) is 5.73 Å². The molecule has 0 spiro atoms. The Hall–Kier alpha value is -1.26. The van der Waals surface area contributed by atoms with Gasteiger partial charge in [-0.3, -0.25) is 0 Å².